The van der Waals surface area contributed by atoms with Gasteiger partial charge >= 0.3 is 18.2 Å². The van der Waals surface area contributed by atoms with Gasteiger partial charge in [-0.05, 0) is 25.8 Å². The summed E-state index contributed by atoms with van der Waals surface area (Å²) in [5, 5.41) is 2.63. The molecule has 9 heteroatoms. The summed E-state index contributed by atoms with van der Waals surface area (Å²) in [6.07, 6.45) is 22.0. The van der Waals surface area contributed by atoms with E-state index in [9.17, 15) is 14.4 Å². The minimum Gasteiger partial charge on any atom is -0.490 e. The molecule has 0 radical (unpaired) electrons. The van der Waals surface area contributed by atoms with Gasteiger partial charge in [-0.25, -0.2) is 14.4 Å². The molecule has 0 heterocycles. The predicted molar refractivity (Wildman–Crippen MR) is 180 cm³/mol. The number of unbranched alkanes of at least 4 members (excludes halogenated alkanes) is 18. The SMILES string of the molecule is CCCCCCCCCCCCOC(=O)Nc1cc(OCC)c(OC(=O)OCCCCCCCCCCCC)c(C(=O)OC)c1. The third-order valence-corrected chi connectivity index (χ3v) is 7.64. The van der Waals surface area contributed by atoms with E-state index in [-0.39, 0.29) is 36.0 Å². The Kier molecular flexibility index (Phi) is 24.3. The lowest BCUT2D eigenvalue weighted by molar-refractivity contribution is 0.0592. The molecule has 45 heavy (non-hydrogen) atoms. The summed E-state index contributed by atoms with van der Waals surface area (Å²) in [5.41, 5.74) is 0.169. The van der Waals surface area contributed by atoms with Gasteiger partial charge in [0.05, 0.1) is 26.9 Å². The van der Waals surface area contributed by atoms with Crippen LogP contribution in [0, 0.1) is 0 Å². The van der Waals surface area contributed by atoms with Crippen LogP contribution in [0.2, 0.25) is 0 Å². The van der Waals surface area contributed by atoms with Crippen LogP contribution in [-0.4, -0.2) is 45.1 Å². The Bertz CT molecular complexity index is 936. The van der Waals surface area contributed by atoms with Crippen LogP contribution in [0.5, 0.6) is 11.5 Å². The Morgan fingerprint density at radius 1 is 0.622 bits per heavy atom. The van der Waals surface area contributed by atoms with Gasteiger partial charge in [-0.1, -0.05) is 129 Å². The number of nitrogens with one attached hydrogen (secondary N) is 1. The van der Waals surface area contributed by atoms with E-state index in [1.54, 1.807) is 6.92 Å². The van der Waals surface area contributed by atoms with Crippen molar-refractivity contribution in [3.05, 3.63) is 17.7 Å². The molecular weight excluding hydrogens is 574 g/mol. The monoisotopic (exact) mass is 635 g/mol. The number of benzene rings is 1. The molecule has 1 aromatic rings. The first-order valence-electron chi connectivity index (χ1n) is 17.6. The highest BCUT2D eigenvalue weighted by molar-refractivity contribution is 5.97. The highest BCUT2D eigenvalue weighted by Crippen LogP contribution is 2.36. The van der Waals surface area contributed by atoms with Crippen LogP contribution in [0.15, 0.2) is 12.1 Å². The second kappa shape index (κ2) is 27.3. The zero-order chi connectivity index (χ0) is 33.0. The Morgan fingerprint density at radius 3 is 1.56 bits per heavy atom. The van der Waals surface area contributed by atoms with Crippen LogP contribution in [0.3, 0.4) is 0 Å². The van der Waals surface area contributed by atoms with Gasteiger partial charge in [0.25, 0.3) is 0 Å². The minimum absolute atomic E-state index is 0.0793. The maximum atomic E-state index is 12.6. The molecule has 0 bridgehead atoms. The number of carbonyl (C=O) groups is 3. The number of rotatable bonds is 27. The molecular formula is C36H61NO8. The first kappa shape index (κ1) is 40.1. The van der Waals surface area contributed by atoms with Gasteiger partial charge in [-0.2, -0.15) is 0 Å². The van der Waals surface area contributed by atoms with Gasteiger partial charge in [-0.15, -0.1) is 0 Å². The quantitative estimate of drug-likeness (QED) is 0.0440. The zero-order valence-corrected chi connectivity index (χ0v) is 28.7. The number of carbonyl (C=O) groups excluding carboxylic acids is 3. The number of esters is 1. The summed E-state index contributed by atoms with van der Waals surface area (Å²) in [4.78, 5) is 37.5. The molecule has 0 aliphatic heterocycles. The highest BCUT2D eigenvalue weighted by atomic mass is 16.7. The number of amides is 1. The van der Waals surface area contributed by atoms with E-state index in [4.69, 9.17) is 23.7 Å². The van der Waals surface area contributed by atoms with Gasteiger partial charge < -0.3 is 23.7 Å². The van der Waals surface area contributed by atoms with Crippen molar-refractivity contribution >= 4 is 23.9 Å². The van der Waals surface area contributed by atoms with Gasteiger partial charge in [-0.3, -0.25) is 5.32 Å². The molecule has 0 aliphatic rings. The predicted octanol–water partition coefficient (Wildman–Crippen LogP) is 10.8. The molecule has 0 saturated heterocycles. The van der Waals surface area contributed by atoms with Gasteiger partial charge in [0, 0.05) is 11.8 Å². The second-order valence-corrected chi connectivity index (χ2v) is 11.6. The summed E-state index contributed by atoms with van der Waals surface area (Å²) >= 11 is 0. The van der Waals surface area contributed by atoms with Crippen LogP contribution in [-0.2, 0) is 14.2 Å². The summed E-state index contributed by atoms with van der Waals surface area (Å²) in [7, 11) is 1.22. The van der Waals surface area contributed by atoms with E-state index in [0.29, 0.717) is 6.61 Å². The molecule has 0 unspecified atom stereocenters. The Hall–Kier alpha value is -2.97. The number of hydrogen-bond acceptors (Lipinski definition) is 8. The molecule has 0 atom stereocenters. The van der Waals surface area contributed by atoms with E-state index in [0.717, 1.165) is 38.5 Å². The average Bonchev–Trinajstić information content (AvgIpc) is 3.03. The lowest BCUT2D eigenvalue weighted by atomic mass is 10.1. The van der Waals surface area contributed by atoms with Crippen molar-refractivity contribution in [3.8, 4) is 11.5 Å². The molecule has 0 saturated carbocycles. The average molecular weight is 636 g/mol. The summed E-state index contributed by atoms with van der Waals surface area (Å²) in [6.45, 7) is 6.96. The largest absolute Gasteiger partial charge is 0.514 e. The molecule has 1 amide bonds. The number of ether oxygens (including phenoxy) is 5. The number of methoxy groups -OCH3 is 1. The second-order valence-electron chi connectivity index (χ2n) is 11.6. The Labute approximate surface area is 272 Å². The van der Waals surface area contributed by atoms with E-state index >= 15 is 0 Å². The fraction of sp³-hybridized carbons (Fsp3) is 0.750. The van der Waals surface area contributed by atoms with Crippen molar-refractivity contribution in [2.24, 2.45) is 0 Å². The van der Waals surface area contributed by atoms with Gasteiger partial charge in [0.2, 0.25) is 0 Å². The molecule has 0 aromatic heterocycles. The van der Waals surface area contributed by atoms with Crippen molar-refractivity contribution in [2.75, 3.05) is 32.2 Å². The third-order valence-electron chi connectivity index (χ3n) is 7.64. The first-order valence-corrected chi connectivity index (χ1v) is 17.6. The normalized spacial score (nSPS) is 10.8. The van der Waals surface area contributed by atoms with E-state index in [2.05, 4.69) is 19.2 Å². The first-order chi connectivity index (χ1) is 22.0. The number of anilines is 1. The molecule has 0 spiro atoms. The summed E-state index contributed by atoms with van der Waals surface area (Å²) in [5.74, 6) is -0.779. The standard InChI is InChI=1S/C36H61NO8/c1-5-8-10-12-14-16-18-20-22-24-26-43-35(39)37-30-28-31(34(38)41-4)33(32(29-30)42-7-3)45-36(40)44-27-25-23-21-19-17-15-13-11-9-6-2/h28-29H,5-27H2,1-4H3,(H,37,39). The molecule has 1 rings (SSSR count). The molecule has 0 fully saturated rings. The molecule has 1 N–H and O–H groups in total. The Morgan fingerprint density at radius 2 is 1.09 bits per heavy atom. The number of hydrogen-bond donors (Lipinski definition) is 1. The maximum Gasteiger partial charge on any atom is 0.514 e. The van der Waals surface area contributed by atoms with Crippen molar-refractivity contribution in [1.29, 1.82) is 0 Å². The molecule has 1 aromatic carbocycles. The molecule has 258 valence electrons. The fourth-order valence-corrected chi connectivity index (χ4v) is 5.07. The van der Waals surface area contributed by atoms with Crippen molar-refractivity contribution < 1.29 is 38.1 Å². The third kappa shape index (κ3) is 19.9. The molecule has 0 aliphatic carbocycles. The van der Waals surface area contributed by atoms with Crippen LogP contribution in [0.1, 0.15) is 160 Å². The van der Waals surface area contributed by atoms with Crippen LogP contribution >= 0.6 is 0 Å². The lowest BCUT2D eigenvalue weighted by Crippen LogP contribution is -2.18. The molecule has 9 nitrogen and oxygen atoms in total. The Balaban J connectivity index is 2.53. The summed E-state index contributed by atoms with van der Waals surface area (Å²) in [6, 6.07) is 2.84. The smallest absolute Gasteiger partial charge is 0.490 e. The topological polar surface area (TPSA) is 109 Å². The van der Waals surface area contributed by atoms with Crippen LogP contribution < -0.4 is 14.8 Å². The zero-order valence-electron chi connectivity index (χ0n) is 28.7. The van der Waals surface area contributed by atoms with E-state index in [1.807, 2.05) is 0 Å². The van der Waals surface area contributed by atoms with Crippen LogP contribution in [0.25, 0.3) is 0 Å². The maximum absolute atomic E-state index is 12.6. The van der Waals surface area contributed by atoms with E-state index < -0.39 is 18.2 Å². The lowest BCUT2D eigenvalue weighted by Gasteiger charge is -2.16. The summed E-state index contributed by atoms with van der Waals surface area (Å²) < 4.78 is 26.6. The fourth-order valence-electron chi connectivity index (χ4n) is 5.07. The van der Waals surface area contributed by atoms with Crippen LogP contribution in [0.4, 0.5) is 15.3 Å². The minimum atomic E-state index is -0.936. The van der Waals surface area contributed by atoms with Crippen molar-refractivity contribution in [3.63, 3.8) is 0 Å². The van der Waals surface area contributed by atoms with Gasteiger partial charge in [0.1, 0.15) is 5.56 Å². The van der Waals surface area contributed by atoms with Gasteiger partial charge in [0.15, 0.2) is 11.5 Å². The highest BCUT2D eigenvalue weighted by Gasteiger charge is 2.24. The van der Waals surface area contributed by atoms with Crippen molar-refractivity contribution in [1.82, 2.24) is 0 Å². The van der Waals surface area contributed by atoms with E-state index in [1.165, 1.54) is 109 Å². The van der Waals surface area contributed by atoms with Crippen molar-refractivity contribution in [2.45, 2.75) is 149 Å².